The van der Waals surface area contributed by atoms with Crippen molar-refractivity contribution in [2.24, 2.45) is 0 Å². The van der Waals surface area contributed by atoms with Gasteiger partial charge in [0.25, 0.3) is 0 Å². The number of fused-ring (bicyclic) bond motifs is 3. The largest absolute Gasteiger partial charge is 0.208 e. The Kier molecular flexibility index (Phi) is 8.04. The molecule has 0 saturated heterocycles. The molecule has 0 atom stereocenters. The third-order valence-corrected chi connectivity index (χ3v) is 10.8. The number of hydrogen-bond donors (Lipinski definition) is 0. The van der Waals surface area contributed by atoms with Gasteiger partial charge < -0.3 is 0 Å². The Labute approximate surface area is 321 Å². The van der Waals surface area contributed by atoms with Gasteiger partial charge in [0.1, 0.15) is 0 Å². The molecule has 0 saturated carbocycles. The van der Waals surface area contributed by atoms with Crippen molar-refractivity contribution in [2.45, 2.75) is 5.41 Å². The van der Waals surface area contributed by atoms with Crippen LogP contribution in [0, 0.1) is 0 Å². The van der Waals surface area contributed by atoms with E-state index in [9.17, 15) is 0 Å². The second-order valence-electron chi connectivity index (χ2n) is 14.0. The summed E-state index contributed by atoms with van der Waals surface area (Å²) < 4.78 is 0. The molecule has 1 aliphatic carbocycles. The first-order valence-corrected chi connectivity index (χ1v) is 18.7. The fourth-order valence-corrected chi connectivity index (χ4v) is 8.28. The highest BCUT2D eigenvalue weighted by Crippen LogP contribution is 2.56. The van der Waals surface area contributed by atoms with Crippen LogP contribution in [0.3, 0.4) is 0 Å². The molecule has 0 N–H and O–H groups in total. The van der Waals surface area contributed by atoms with Gasteiger partial charge in [-0.25, -0.2) is 15.0 Å². The molecule has 0 amide bonds. The van der Waals surface area contributed by atoms with Gasteiger partial charge in [0, 0.05) is 16.7 Å². The van der Waals surface area contributed by atoms with Crippen LogP contribution >= 0.6 is 0 Å². The van der Waals surface area contributed by atoms with E-state index in [-0.39, 0.29) is 0 Å². The summed E-state index contributed by atoms with van der Waals surface area (Å²) in [7, 11) is 0. The Morgan fingerprint density at radius 2 is 0.636 bits per heavy atom. The van der Waals surface area contributed by atoms with Gasteiger partial charge in [0.15, 0.2) is 17.5 Å². The lowest BCUT2D eigenvalue weighted by atomic mass is 9.67. The number of hydrogen-bond acceptors (Lipinski definition) is 3. The zero-order valence-electron chi connectivity index (χ0n) is 30.0. The summed E-state index contributed by atoms with van der Waals surface area (Å²) in [6, 6.07) is 75.4. The van der Waals surface area contributed by atoms with E-state index in [1.54, 1.807) is 0 Å². The number of benzene rings is 8. The fraction of sp³-hybridized carbons (Fsp3) is 0.0192. The Balaban J connectivity index is 1.08. The van der Waals surface area contributed by atoms with Crippen molar-refractivity contribution in [1.82, 2.24) is 15.0 Å². The molecule has 9 aromatic rings. The lowest BCUT2D eigenvalue weighted by Gasteiger charge is -2.34. The Hall–Kier alpha value is -7.23. The summed E-state index contributed by atoms with van der Waals surface area (Å²) in [5.74, 6) is 1.94. The zero-order chi connectivity index (χ0) is 36.6. The first-order valence-electron chi connectivity index (χ1n) is 18.7. The van der Waals surface area contributed by atoms with E-state index >= 15 is 0 Å². The number of nitrogens with zero attached hydrogens (tertiary/aromatic N) is 3. The highest BCUT2D eigenvalue weighted by Gasteiger charge is 2.46. The second kappa shape index (κ2) is 13.6. The zero-order valence-corrected chi connectivity index (χ0v) is 30.0. The molecule has 0 spiro atoms. The molecular weight excluding hydrogens is 667 g/mol. The van der Waals surface area contributed by atoms with E-state index < -0.39 is 5.41 Å². The highest BCUT2D eigenvalue weighted by molar-refractivity contribution is 5.89. The van der Waals surface area contributed by atoms with E-state index in [4.69, 9.17) is 15.0 Å². The molecule has 0 radical (unpaired) electrons. The molecule has 258 valence electrons. The van der Waals surface area contributed by atoms with Crippen LogP contribution in [-0.4, -0.2) is 15.0 Å². The summed E-state index contributed by atoms with van der Waals surface area (Å²) in [5.41, 5.74) is 14.7. The molecule has 0 fully saturated rings. The standard InChI is InChI=1S/C52H35N3/c1-5-17-36(18-6-1)49-53-50(37-19-7-2-8-20-37)55-51(54-49)42-24-16-23-40(34-42)38-21-15-22-39(33-38)41-31-32-46-45-29-13-14-30-47(45)52(48(46)35-41,43-25-9-3-10-26-43)44-27-11-4-12-28-44/h1-35H. The van der Waals surface area contributed by atoms with Crippen LogP contribution < -0.4 is 0 Å². The monoisotopic (exact) mass is 701 g/mol. The summed E-state index contributed by atoms with van der Waals surface area (Å²) in [6.07, 6.45) is 0. The topological polar surface area (TPSA) is 38.7 Å². The third-order valence-electron chi connectivity index (χ3n) is 10.8. The van der Waals surface area contributed by atoms with Crippen molar-refractivity contribution in [3.63, 3.8) is 0 Å². The quantitative estimate of drug-likeness (QED) is 0.166. The molecule has 0 aliphatic heterocycles. The Bertz CT molecular complexity index is 2700. The van der Waals surface area contributed by atoms with Gasteiger partial charge in [-0.15, -0.1) is 0 Å². The van der Waals surface area contributed by atoms with Crippen LogP contribution in [0.1, 0.15) is 22.3 Å². The van der Waals surface area contributed by atoms with Gasteiger partial charge in [0.2, 0.25) is 0 Å². The minimum Gasteiger partial charge on any atom is -0.208 e. The predicted octanol–water partition coefficient (Wildman–Crippen LogP) is 12.6. The highest BCUT2D eigenvalue weighted by atomic mass is 15.0. The molecule has 10 rings (SSSR count). The van der Waals surface area contributed by atoms with E-state index in [2.05, 4.69) is 152 Å². The summed E-state index contributed by atoms with van der Waals surface area (Å²) in [4.78, 5) is 14.9. The van der Waals surface area contributed by atoms with Crippen molar-refractivity contribution < 1.29 is 0 Å². The maximum absolute atomic E-state index is 4.99. The van der Waals surface area contributed by atoms with Gasteiger partial charge in [0.05, 0.1) is 5.41 Å². The first kappa shape index (κ1) is 32.4. The molecule has 1 heterocycles. The van der Waals surface area contributed by atoms with Crippen molar-refractivity contribution in [3.05, 3.63) is 235 Å². The van der Waals surface area contributed by atoms with Crippen LogP contribution in [-0.2, 0) is 5.41 Å². The van der Waals surface area contributed by atoms with Crippen LogP contribution in [0.5, 0.6) is 0 Å². The predicted molar refractivity (Wildman–Crippen MR) is 224 cm³/mol. The molecule has 0 unspecified atom stereocenters. The molecule has 55 heavy (non-hydrogen) atoms. The van der Waals surface area contributed by atoms with Crippen molar-refractivity contribution in [1.29, 1.82) is 0 Å². The SMILES string of the molecule is c1ccc(-c2nc(-c3ccccc3)nc(-c3cccc(-c4cccc(-c5ccc6c(c5)C(c5ccccc5)(c5ccccc5)c5ccccc5-6)c4)c3)n2)cc1. The molecule has 3 heteroatoms. The average molecular weight is 702 g/mol. The second-order valence-corrected chi connectivity index (χ2v) is 14.0. The van der Waals surface area contributed by atoms with Crippen LogP contribution in [0.4, 0.5) is 0 Å². The van der Waals surface area contributed by atoms with Crippen LogP contribution in [0.2, 0.25) is 0 Å². The molecular formula is C52H35N3. The summed E-state index contributed by atoms with van der Waals surface area (Å²) in [6.45, 7) is 0. The number of rotatable bonds is 7. The fourth-order valence-electron chi connectivity index (χ4n) is 8.28. The molecule has 3 nitrogen and oxygen atoms in total. The lowest BCUT2D eigenvalue weighted by molar-refractivity contribution is 0.769. The van der Waals surface area contributed by atoms with Crippen molar-refractivity contribution in [2.75, 3.05) is 0 Å². The van der Waals surface area contributed by atoms with Gasteiger partial charge in [-0.1, -0.05) is 194 Å². The minimum atomic E-state index is -0.446. The van der Waals surface area contributed by atoms with E-state index in [0.29, 0.717) is 17.5 Å². The summed E-state index contributed by atoms with van der Waals surface area (Å²) in [5, 5.41) is 0. The first-order chi connectivity index (χ1) is 27.3. The molecule has 1 aliphatic rings. The minimum absolute atomic E-state index is 0.446. The number of aromatic nitrogens is 3. The van der Waals surface area contributed by atoms with Crippen LogP contribution in [0.25, 0.3) is 67.5 Å². The molecule has 1 aromatic heterocycles. The van der Waals surface area contributed by atoms with Gasteiger partial charge >= 0.3 is 0 Å². The van der Waals surface area contributed by atoms with E-state index in [1.807, 2.05) is 60.7 Å². The smallest absolute Gasteiger partial charge is 0.164 e. The maximum Gasteiger partial charge on any atom is 0.164 e. The summed E-state index contributed by atoms with van der Waals surface area (Å²) >= 11 is 0. The third kappa shape index (κ3) is 5.65. The van der Waals surface area contributed by atoms with Crippen molar-refractivity contribution >= 4 is 0 Å². The lowest BCUT2D eigenvalue weighted by Crippen LogP contribution is -2.28. The van der Waals surface area contributed by atoms with Crippen molar-refractivity contribution in [3.8, 4) is 67.5 Å². The van der Waals surface area contributed by atoms with E-state index in [0.717, 1.165) is 33.4 Å². The average Bonchev–Trinajstić information content (AvgIpc) is 3.58. The maximum atomic E-state index is 4.99. The Morgan fingerprint density at radius 3 is 1.18 bits per heavy atom. The van der Waals surface area contributed by atoms with Crippen LogP contribution in [0.15, 0.2) is 212 Å². The van der Waals surface area contributed by atoms with Gasteiger partial charge in [-0.05, 0) is 73.8 Å². The molecule has 8 aromatic carbocycles. The molecule has 0 bridgehead atoms. The van der Waals surface area contributed by atoms with Gasteiger partial charge in [-0.2, -0.15) is 0 Å². The van der Waals surface area contributed by atoms with E-state index in [1.165, 1.54) is 38.9 Å². The van der Waals surface area contributed by atoms with Gasteiger partial charge in [-0.3, -0.25) is 0 Å². The normalized spacial score (nSPS) is 12.5. The Morgan fingerprint density at radius 1 is 0.255 bits per heavy atom.